The predicted molar refractivity (Wildman–Crippen MR) is 101 cm³/mol. The zero-order valence-electron chi connectivity index (χ0n) is 16.0. The molecule has 2 aromatic heterocycles. The smallest absolute Gasteiger partial charge is 0.309 e. The lowest BCUT2D eigenvalue weighted by Gasteiger charge is -2.21. The van der Waals surface area contributed by atoms with Crippen LogP contribution >= 0.6 is 0 Å². The van der Waals surface area contributed by atoms with Gasteiger partial charge in [-0.25, -0.2) is 0 Å². The van der Waals surface area contributed by atoms with Crippen LogP contribution in [0.1, 0.15) is 49.7 Å². The molecule has 2 aliphatic carbocycles. The van der Waals surface area contributed by atoms with E-state index in [0.717, 1.165) is 24.0 Å². The van der Waals surface area contributed by atoms with Crippen LogP contribution in [-0.4, -0.2) is 34.1 Å². The molecule has 0 N–H and O–H groups in total. The average Bonchev–Trinajstić information content (AvgIpc) is 3.62. The number of pyridine rings is 2. The first-order valence-electron chi connectivity index (χ1n) is 9.75. The van der Waals surface area contributed by atoms with Crippen molar-refractivity contribution in [2.24, 2.45) is 11.8 Å². The Kier molecular flexibility index (Phi) is 5.11. The molecule has 2 fully saturated rings. The van der Waals surface area contributed by atoms with Crippen LogP contribution in [0.4, 0.5) is 0 Å². The zero-order valence-corrected chi connectivity index (χ0v) is 16.0. The van der Waals surface area contributed by atoms with E-state index >= 15 is 0 Å². The van der Waals surface area contributed by atoms with Crippen LogP contribution in [0.15, 0.2) is 49.1 Å². The largest absolute Gasteiger partial charge is 0.458 e. The third-order valence-electron chi connectivity index (χ3n) is 5.68. The summed E-state index contributed by atoms with van der Waals surface area (Å²) in [4.78, 5) is 33.0. The molecule has 0 spiro atoms. The number of carbonyl (C=O) groups is 2. The lowest BCUT2D eigenvalue weighted by Crippen LogP contribution is -2.31. The van der Waals surface area contributed by atoms with Crippen LogP contribution in [0.3, 0.4) is 0 Å². The fourth-order valence-electron chi connectivity index (χ4n) is 3.57. The summed E-state index contributed by atoms with van der Waals surface area (Å²) in [5.41, 5.74) is 2.12. The molecule has 6 atom stereocenters. The van der Waals surface area contributed by atoms with Crippen molar-refractivity contribution in [1.29, 1.82) is 0 Å². The molecule has 2 heterocycles. The van der Waals surface area contributed by atoms with E-state index in [9.17, 15) is 9.59 Å². The van der Waals surface area contributed by atoms with E-state index in [1.54, 1.807) is 38.6 Å². The number of rotatable bonds is 7. The molecule has 2 aromatic rings. The van der Waals surface area contributed by atoms with Crippen molar-refractivity contribution in [3.05, 3.63) is 60.2 Å². The Hall–Kier alpha value is -2.76. The maximum Gasteiger partial charge on any atom is 0.309 e. The Morgan fingerprint density at radius 3 is 1.64 bits per heavy atom. The van der Waals surface area contributed by atoms with Crippen molar-refractivity contribution in [3.8, 4) is 0 Å². The highest BCUT2D eigenvalue weighted by atomic mass is 16.6. The minimum Gasteiger partial charge on any atom is -0.458 e. The fraction of sp³-hybridized carbons (Fsp3) is 0.455. The number of esters is 2. The number of hydrogen-bond donors (Lipinski definition) is 0. The van der Waals surface area contributed by atoms with Crippen LogP contribution in [0.5, 0.6) is 0 Å². The van der Waals surface area contributed by atoms with E-state index in [-0.39, 0.29) is 35.6 Å². The van der Waals surface area contributed by atoms with E-state index in [0.29, 0.717) is 0 Å². The van der Waals surface area contributed by atoms with Gasteiger partial charge in [0.25, 0.3) is 0 Å². The summed E-state index contributed by atoms with van der Waals surface area (Å²) in [5, 5.41) is 0. The highest BCUT2D eigenvalue weighted by Gasteiger charge is 2.47. The molecule has 2 aliphatic rings. The molecule has 146 valence electrons. The quantitative estimate of drug-likeness (QED) is 0.686. The molecule has 4 rings (SSSR count). The maximum absolute atomic E-state index is 12.4. The summed E-state index contributed by atoms with van der Waals surface area (Å²) in [5.74, 6) is -0.371. The first-order valence-corrected chi connectivity index (χ1v) is 9.75. The molecular weight excluding hydrogens is 356 g/mol. The van der Waals surface area contributed by atoms with Gasteiger partial charge >= 0.3 is 11.9 Å². The fourth-order valence-corrected chi connectivity index (χ4v) is 3.57. The zero-order chi connectivity index (χ0) is 19.7. The Morgan fingerprint density at radius 1 is 0.857 bits per heavy atom. The summed E-state index contributed by atoms with van der Waals surface area (Å²) in [6.07, 6.45) is 7.61. The van der Waals surface area contributed by atoms with Crippen LogP contribution in [0, 0.1) is 11.8 Å². The SMILES string of the molecule is C[C@@H](OC(=O)[C@@H]1C[C@H]1c1cccnc1)[C@@H](C)OC(=O)[C@@H]1C[C@H]1c1cccnc1. The Bertz CT molecular complexity index is 771. The van der Waals surface area contributed by atoms with E-state index in [4.69, 9.17) is 9.47 Å². The summed E-state index contributed by atoms with van der Waals surface area (Å²) >= 11 is 0. The number of hydrogen-bond acceptors (Lipinski definition) is 6. The highest BCUT2D eigenvalue weighted by molar-refractivity contribution is 5.78. The molecule has 0 bridgehead atoms. The van der Waals surface area contributed by atoms with E-state index in [1.165, 1.54) is 0 Å². The predicted octanol–water partition coefficient (Wildman–Crippen LogP) is 3.25. The van der Waals surface area contributed by atoms with Gasteiger partial charge in [0.2, 0.25) is 0 Å². The molecule has 0 radical (unpaired) electrons. The molecule has 0 unspecified atom stereocenters. The summed E-state index contributed by atoms with van der Waals surface area (Å²) < 4.78 is 11.1. The van der Waals surface area contributed by atoms with Crippen LogP contribution < -0.4 is 0 Å². The highest BCUT2D eigenvalue weighted by Crippen LogP contribution is 2.49. The van der Waals surface area contributed by atoms with Gasteiger partial charge in [-0.3, -0.25) is 19.6 Å². The van der Waals surface area contributed by atoms with Crippen molar-refractivity contribution in [3.63, 3.8) is 0 Å². The first kappa shape index (κ1) is 18.6. The molecule has 0 aromatic carbocycles. The molecular formula is C22H24N2O4. The third-order valence-corrected chi connectivity index (χ3v) is 5.68. The van der Waals surface area contributed by atoms with Gasteiger partial charge in [-0.05, 0) is 61.8 Å². The van der Waals surface area contributed by atoms with Gasteiger partial charge in [-0.1, -0.05) is 12.1 Å². The van der Waals surface area contributed by atoms with Crippen LogP contribution in [0.2, 0.25) is 0 Å². The van der Waals surface area contributed by atoms with Gasteiger partial charge in [0.15, 0.2) is 0 Å². The standard InChI is InChI=1S/C22H24N2O4/c1-13(27-21(25)19-9-17(19)15-5-3-7-23-11-15)14(2)28-22(26)20-10-18(20)16-6-4-8-24-12-16/h3-8,11-14,17-20H,9-10H2,1-2H3/t13-,14-,17+,18+,19-,20-/m1/s1. The molecule has 2 saturated carbocycles. The number of nitrogens with zero attached hydrogens (tertiary/aromatic N) is 2. The minimum atomic E-state index is -0.484. The number of carbonyl (C=O) groups excluding carboxylic acids is 2. The minimum absolute atomic E-state index is 0.132. The second kappa shape index (κ2) is 7.70. The van der Waals surface area contributed by atoms with Gasteiger partial charge in [-0.15, -0.1) is 0 Å². The summed E-state index contributed by atoms with van der Waals surface area (Å²) in [6.45, 7) is 3.53. The number of aromatic nitrogens is 2. The summed E-state index contributed by atoms with van der Waals surface area (Å²) in [7, 11) is 0. The average molecular weight is 380 g/mol. The van der Waals surface area contributed by atoms with E-state index in [1.807, 2.05) is 24.3 Å². The van der Waals surface area contributed by atoms with Gasteiger partial charge in [0.05, 0.1) is 11.8 Å². The summed E-state index contributed by atoms with van der Waals surface area (Å²) in [6, 6.07) is 7.70. The van der Waals surface area contributed by atoms with Gasteiger partial charge in [-0.2, -0.15) is 0 Å². The lowest BCUT2D eigenvalue weighted by atomic mass is 10.1. The second-order valence-electron chi connectivity index (χ2n) is 7.75. The van der Waals surface area contributed by atoms with Crippen molar-refractivity contribution in [2.45, 2.75) is 50.7 Å². The second-order valence-corrected chi connectivity index (χ2v) is 7.75. The molecule has 0 aliphatic heterocycles. The van der Waals surface area contributed by atoms with Crippen molar-refractivity contribution >= 4 is 11.9 Å². The molecule has 0 saturated heterocycles. The van der Waals surface area contributed by atoms with E-state index < -0.39 is 12.2 Å². The molecule has 6 nitrogen and oxygen atoms in total. The molecule has 6 heteroatoms. The van der Waals surface area contributed by atoms with Gasteiger partial charge in [0, 0.05) is 24.8 Å². The first-order chi connectivity index (χ1) is 13.5. The third kappa shape index (κ3) is 4.06. The van der Waals surface area contributed by atoms with Crippen molar-refractivity contribution in [2.75, 3.05) is 0 Å². The Morgan fingerprint density at radius 2 is 1.29 bits per heavy atom. The molecule has 28 heavy (non-hydrogen) atoms. The van der Waals surface area contributed by atoms with Crippen LogP contribution in [-0.2, 0) is 19.1 Å². The Balaban J connectivity index is 1.24. The number of ether oxygens (including phenoxy) is 2. The van der Waals surface area contributed by atoms with Crippen LogP contribution in [0.25, 0.3) is 0 Å². The van der Waals surface area contributed by atoms with Crippen molar-refractivity contribution in [1.82, 2.24) is 9.97 Å². The van der Waals surface area contributed by atoms with Crippen molar-refractivity contribution < 1.29 is 19.1 Å². The van der Waals surface area contributed by atoms with Gasteiger partial charge < -0.3 is 9.47 Å². The Labute approximate surface area is 164 Å². The topological polar surface area (TPSA) is 78.4 Å². The van der Waals surface area contributed by atoms with Gasteiger partial charge in [0.1, 0.15) is 12.2 Å². The molecule has 0 amide bonds. The normalized spacial score (nSPS) is 27.4. The van der Waals surface area contributed by atoms with E-state index in [2.05, 4.69) is 9.97 Å². The monoisotopic (exact) mass is 380 g/mol. The maximum atomic E-state index is 12.4. The lowest BCUT2D eigenvalue weighted by molar-refractivity contribution is -0.167.